The van der Waals surface area contributed by atoms with Gasteiger partial charge in [-0.3, -0.25) is 9.48 Å². The Hall–Kier alpha value is -1.11. The number of carbonyl (C=O) groups excluding carboxylic acids is 1. The number of aryl methyl sites for hydroxylation is 1. The Morgan fingerprint density at radius 3 is 2.43 bits per heavy atom. The second-order valence-electron chi connectivity index (χ2n) is 8.54. The number of rotatable bonds is 7. The molecule has 1 saturated carbocycles. The Morgan fingerprint density at radius 1 is 1.14 bits per heavy atom. The van der Waals surface area contributed by atoms with Crippen molar-refractivity contribution in [1.82, 2.24) is 24.5 Å². The molecule has 1 aromatic rings. The predicted octanol–water partition coefficient (Wildman–Crippen LogP) is 3.01. The molecule has 0 spiro atoms. The lowest BCUT2D eigenvalue weighted by atomic mass is 9.98. The SMILES string of the molecule is CN1CCN(CCCN(Cc2nn(C)cc2Cl)C(=O)C2CCCCCC2)CC1. The Labute approximate surface area is 174 Å². The standard InChI is InChI=1S/C21H36ClN5O/c1-24-12-14-26(15-13-24)10-7-11-27(17-20-19(22)16-25(2)23-20)21(28)18-8-5-3-4-6-9-18/h16,18H,3-15,17H2,1-2H3. The normalized spacial score (nSPS) is 20.2. The maximum absolute atomic E-state index is 13.3. The number of hydrogen-bond donors (Lipinski definition) is 0. The average molecular weight is 410 g/mol. The molecule has 2 aliphatic rings. The summed E-state index contributed by atoms with van der Waals surface area (Å²) in [5.41, 5.74) is 0.811. The number of halogens is 1. The van der Waals surface area contributed by atoms with Crippen molar-refractivity contribution in [2.75, 3.05) is 46.3 Å². The fourth-order valence-corrected chi connectivity index (χ4v) is 4.64. The molecule has 2 fully saturated rings. The van der Waals surface area contributed by atoms with E-state index in [1.807, 2.05) is 18.1 Å². The van der Waals surface area contributed by atoms with Crippen molar-refractivity contribution in [3.63, 3.8) is 0 Å². The smallest absolute Gasteiger partial charge is 0.226 e. The lowest BCUT2D eigenvalue weighted by molar-refractivity contribution is -0.136. The molecule has 0 bridgehead atoms. The minimum Gasteiger partial charge on any atom is -0.336 e. The van der Waals surface area contributed by atoms with Crippen LogP contribution >= 0.6 is 11.6 Å². The summed E-state index contributed by atoms with van der Waals surface area (Å²) in [5.74, 6) is 0.482. The third kappa shape index (κ3) is 6.19. The van der Waals surface area contributed by atoms with Crippen molar-refractivity contribution < 1.29 is 4.79 Å². The molecule has 1 amide bonds. The fourth-order valence-electron chi connectivity index (χ4n) is 4.40. The molecule has 7 heteroatoms. The molecule has 158 valence electrons. The number of likely N-dealkylation sites (N-methyl/N-ethyl adjacent to an activating group) is 1. The van der Waals surface area contributed by atoms with Crippen LogP contribution in [0.15, 0.2) is 6.20 Å². The first-order valence-corrected chi connectivity index (χ1v) is 11.3. The molecule has 0 atom stereocenters. The summed E-state index contributed by atoms with van der Waals surface area (Å²) in [6, 6.07) is 0. The van der Waals surface area contributed by atoms with Gasteiger partial charge in [-0.15, -0.1) is 0 Å². The maximum atomic E-state index is 13.3. The zero-order chi connectivity index (χ0) is 19.9. The average Bonchev–Trinajstić information content (AvgIpc) is 2.88. The highest BCUT2D eigenvalue weighted by Crippen LogP contribution is 2.26. The summed E-state index contributed by atoms with van der Waals surface area (Å²) >= 11 is 6.34. The summed E-state index contributed by atoms with van der Waals surface area (Å²) in [5, 5.41) is 5.13. The Morgan fingerprint density at radius 2 is 1.82 bits per heavy atom. The van der Waals surface area contributed by atoms with E-state index in [4.69, 9.17) is 11.6 Å². The molecule has 0 unspecified atom stereocenters. The van der Waals surface area contributed by atoms with E-state index in [9.17, 15) is 4.79 Å². The summed E-state index contributed by atoms with van der Waals surface area (Å²) < 4.78 is 1.73. The summed E-state index contributed by atoms with van der Waals surface area (Å²) in [6.07, 6.45) is 9.76. The van der Waals surface area contributed by atoms with Crippen LogP contribution < -0.4 is 0 Å². The molecule has 0 N–H and O–H groups in total. The van der Waals surface area contributed by atoms with Crippen LogP contribution in [0.3, 0.4) is 0 Å². The molecule has 1 aliphatic carbocycles. The van der Waals surface area contributed by atoms with Gasteiger partial charge in [0.05, 0.1) is 11.6 Å². The van der Waals surface area contributed by atoms with E-state index in [0.717, 1.165) is 64.2 Å². The molecule has 1 aliphatic heterocycles. The van der Waals surface area contributed by atoms with Gasteiger partial charge in [-0.25, -0.2) is 0 Å². The second-order valence-corrected chi connectivity index (χ2v) is 8.95. The van der Waals surface area contributed by atoms with Crippen molar-refractivity contribution in [1.29, 1.82) is 0 Å². The van der Waals surface area contributed by atoms with Gasteiger partial charge in [0.2, 0.25) is 5.91 Å². The quantitative estimate of drug-likeness (QED) is 0.649. The van der Waals surface area contributed by atoms with E-state index in [1.165, 1.54) is 25.7 Å². The van der Waals surface area contributed by atoms with Gasteiger partial charge < -0.3 is 14.7 Å². The number of amides is 1. The van der Waals surface area contributed by atoms with Gasteiger partial charge in [0, 0.05) is 51.9 Å². The first-order valence-electron chi connectivity index (χ1n) is 10.9. The van der Waals surface area contributed by atoms with E-state index in [1.54, 1.807) is 4.68 Å². The van der Waals surface area contributed by atoms with Crippen LogP contribution in [0.1, 0.15) is 50.6 Å². The van der Waals surface area contributed by atoms with Crippen LogP contribution in [0.4, 0.5) is 0 Å². The van der Waals surface area contributed by atoms with E-state index in [0.29, 0.717) is 17.5 Å². The number of hydrogen-bond acceptors (Lipinski definition) is 4. The summed E-state index contributed by atoms with van der Waals surface area (Å²) in [4.78, 5) is 20.2. The molecule has 1 aromatic heterocycles. The third-order valence-corrected chi connectivity index (χ3v) is 6.53. The van der Waals surface area contributed by atoms with Crippen LogP contribution in [0.25, 0.3) is 0 Å². The maximum Gasteiger partial charge on any atom is 0.226 e. The molecular formula is C21H36ClN5O. The van der Waals surface area contributed by atoms with Crippen molar-refractivity contribution >= 4 is 17.5 Å². The van der Waals surface area contributed by atoms with Crippen molar-refractivity contribution in [2.45, 2.75) is 51.5 Å². The minimum absolute atomic E-state index is 0.175. The van der Waals surface area contributed by atoms with Crippen LogP contribution in [0.2, 0.25) is 5.02 Å². The summed E-state index contributed by atoms with van der Waals surface area (Å²) in [6.45, 7) is 6.88. The first-order chi connectivity index (χ1) is 13.5. The largest absolute Gasteiger partial charge is 0.336 e. The number of carbonyl (C=O) groups is 1. The Bertz CT molecular complexity index is 618. The molecule has 28 heavy (non-hydrogen) atoms. The Kier molecular flexibility index (Phi) is 8.18. The van der Waals surface area contributed by atoms with Crippen LogP contribution in [0.5, 0.6) is 0 Å². The van der Waals surface area contributed by atoms with Gasteiger partial charge in [0.1, 0.15) is 5.69 Å². The molecule has 3 rings (SSSR count). The monoisotopic (exact) mass is 409 g/mol. The Balaban J connectivity index is 1.59. The van der Waals surface area contributed by atoms with E-state index in [-0.39, 0.29) is 5.92 Å². The molecule has 0 aromatic carbocycles. The third-order valence-electron chi connectivity index (χ3n) is 6.21. The number of piperazine rings is 1. The van der Waals surface area contributed by atoms with Crippen LogP contribution in [-0.2, 0) is 18.4 Å². The number of nitrogens with zero attached hydrogens (tertiary/aromatic N) is 5. The van der Waals surface area contributed by atoms with Gasteiger partial charge in [-0.05, 0) is 32.9 Å². The summed E-state index contributed by atoms with van der Waals surface area (Å²) in [7, 11) is 4.06. The fraction of sp³-hybridized carbons (Fsp3) is 0.810. The topological polar surface area (TPSA) is 44.6 Å². The molecule has 2 heterocycles. The molecule has 6 nitrogen and oxygen atoms in total. The van der Waals surface area contributed by atoms with E-state index in [2.05, 4.69) is 21.9 Å². The zero-order valence-electron chi connectivity index (χ0n) is 17.6. The highest BCUT2D eigenvalue weighted by atomic mass is 35.5. The van der Waals surface area contributed by atoms with Crippen LogP contribution in [0, 0.1) is 5.92 Å². The van der Waals surface area contributed by atoms with E-state index < -0.39 is 0 Å². The highest BCUT2D eigenvalue weighted by molar-refractivity contribution is 6.31. The van der Waals surface area contributed by atoms with Gasteiger partial charge in [0.25, 0.3) is 0 Å². The van der Waals surface area contributed by atoms with Crippen molar-refractivity contribution in [3.05, 3.63) is 16.9 Å². The van der Waals surface area contributed by atoms with Gasteiger partial charge >= 0.3 is 0 Å². The molecule has 0 radical (unpaired) electrons. The van der Waals surface area contributed by atoms with Gasteiger partial charge in [-0.2, -0.15) is 5.10 Å². The minimum atomic E-state index is 0.175. The first kappa shape index (κ1) is 21.6. The predicted molar refractivity (Wildman–Crippen MR) is 113 cm³/mol. The van der Waals surface area contributed by atoms with E-state index >= 15 is 0 Å². The second kappa shape index (κ2) is 10.6. The lowest BCUT2D eigenvalue weighted by Crippen LogP contribution is -2.45. The van der Waals surface area contributed by atoms with Gasteiger partial charge in [-0.1, -0.05) is 37.3 Å². The lowest BCUT2D eigenvalue weighted by Gasteiger charge is -2.33. The van der Waals surface area contributed by atoms with Crippen LogP contribution in [-0.4, -0.2) is 76.7 Å². The zero-order valence-corrected chi connectivity index (χ0v) is 18.3. The van der Waals surface area contributed by atoms with Gasteiger partial charge in [0.15, 0.2) is 0 Å². The molecular weight excluding hydrogens is 374 g/mol. The highest BCUT2D eigenvalue weighted by Gasteiger charge is 2.26. The van der Waals surface area contributed by atoms with Crippen molar-refractivity contribution in [3.8, 4) is 0 Å². The van der Waals surface area contributed by atoms with Crippen molar-refractivity contribution in [2.24, 2.45) is 13.0 Å². The molecule has 1 saturated heterocycles. The number of aromatic nitrogens is 2.